The smallest absolute Gasteiger partial charge is 0.166 e. The molecule has 0 amide bonds. The number of pyridine rings is 1. The van der Waals surface area contributed by atoms with Crippen LogP contribution in [0.2, 0.25) is 0 Å². The second kappa shape index (κ2) is 7.78. The number of hydrogen-bond acceptors (Lipinski definition) is 5. The first kappa shape index (κ1) is 21.1. The van der Waals surface area contributed by atoms with Gasteiger partial charge in [-0.2, -0.15) is 0 Å². The number of hydrogen-bond donors (Lipinski definition) is 1. The molecule has 5 nitrogen and oxygen atoms in total. The maximum atomic E-state index is 12.7. The lowest BCUT2D eigenvalue weighted by Gasteiger charge is -2.48. The molecule has 1 aromatic heterocycles. The maximum absolute atomic E-state index is 12.7. The lowest BCUT2D eigenvalue weighted by molar-refractivity contribution is -0.118. The largest absolute Gasteiger partial charge is 0.489 e. The van der Waals surface area contributed by atoms with Gasteiger partial charge in [0.2, 0.25) is 0 Å². The second-order valence-electron chi connectivity index (χ2n) is 10.5. The standard InChI is InChI=1S/C28H31NO4/c1-28-8-6-17-12-21-23(31)10-16(15-30)11-24(21)33-27(17)22(28)13-25(32-2)26(28)20-5-3-4-18-14-29-9-7-19(18)20/h3-5,7,9,12,14,16,22,25-27,30H,6,8,10-11,13,15H2,1-2H3/t16?,22-,25+,26-,27+,28-/m0/s1. The third kappa shape index (κ3) is 3.12. The van der Waals surface area contributed by atoms with Crippen LogP contribution < -0.4 is 0 Å². The topological polar surface area (TPSA) is 68.7 Å². The van der Waals surface area contributed by atoms with E-state index in [2.05, 4.69) is 42.2 Å². The number of methoxy groups -OCH3 is 1. The predicted octanol–water partition coefficient (Wildman–Crippen LogP) is 4.70. The molecule has 6 rings (SSSR count). The van der Waals surface area contributed by atoms with Gasteiger partial charge in [-0.25, -0.2) is 0 Å². The molecule has 4 aliphatic rings. The molecular formula is C28H31NO4. The minimum atomic E-state index is -0.0338. The first-order valence-corrected chi connectivity index (χ1v) is 12.1. The number of rotatable bonds is 3. The third-order valence-corrected chi connectivity index (χ3v) is 8.86. The van der Waals surface area contributed by atoms with Gasteiger partial charge in [0.15, 0.2) is 5.78 Å². The van der Waals surface area contributed by atoms with Crippen molar-refractivity contribution < 1.29 is 19.4 Å². The van der Waals surface area contributed by atoms with Crippen molar-refractivity contribution in [3.8, 4) is 0 Å². The molecule has 1 unspecified atom stereocenters. The lowest BCUT2D eigenvalue weighted by atomic mass is 9.60. The first-order valence-electron chi connectivity index (χ1n) is 12.1. The summed E-state index contributed by atoms with van der Waals surface area (Å²) in [5.41, 5.74) is 3.36. The van der Waals surface area contributed by atoms with Crippen LogP contribution in [0.25, 0.3) is 10.8 Å². The Kier molecular flexibility index (Phi) is 4.96. The minimum Gasteiger partial charge on any atom is -0.489 e. The summed E-state index contributed by atoms with van der Waals surface area (Å²) >= 11 is 0. The number of carbonyl (C=O) groups is 1. The highest BCUT2D eigenvalue weighted by atomic mass is 16.5. The zero-order valence-corrected chi connectivity index (χ0v) is 19.3. The maximum Gasteiger partial charge on any atom is 0.166 e. The van der Waals surface area contributed by atoms with E-state index in [4.69, 9.17) is 9.47 Å². The van der Waals surface area contributed by atoms with Crippen molar-refractivity contribution in [3.05, 3.63) is 65.2 Å². The Balaban J connectivity index is 1.40. The van der Waals surface area contributed by atoms with Gasteiger partial charge < -0.3 is 14.6 Å². The molecule has 6 atom stereocenters. The molecule has 0 saturated heterocycles. The molecule has 2 fully saturated rings. The fourth-order valence-corrected chi connectivity index (χ4v) is 7.17. The highest BCUT2D eigenvalue weighted by Crippen LogP contribution is 2.63. The molecule has 2 heterocycles. The van der Waals surface area contributed by atoms with E-state index in [9.17, 15) is 9.90 Å². The van der Waals surface area contributed by atoms with Crippen molar-refractivity contribution in [1.82, 2.24) is 4.98 Å². The summed E-state index contributed by atoms with van der Waals surface area (Å²) in [6.07, 6.45) is 10.00. The Morgan fingerprint density at radius 2 is 2.15 bits per heavy atom. The fourth-order valence-electron chi connectivity index (χ4n) is 7.17. The molecule has 2 saturated carbocycles. The summed E-state index contributed by atoms with van der Waals surface area (Å²) in [6, 6.07) is 8.64. The number of ether oxygens (including phenoxy) is 2. The molecule has 3 aliphatic carbocycles. The van der Waals surface area contributed by atoms with E-state index < -0.39 is 0 Å². The summed E-state index contributed by atoms with van der Waals surface area (Å²) in [5.74, 6) is 1.43. The fraction of sp³-hybridized carbons (Fsp3) is 0.500. The van der Waals surface area contributed by atoms with Crippen LogP contribution in [0.5, 0.6) is 0 Å². The summed E-state index contributed by atoms with van der Waals surface area (Å²) in [4.78, 5) is 17.0. The van der Waals surface area contributed by atoms with E-state index in [0.29, 0.717) is 18.8 Å². The number of allylic oxidation sites excluding steroid dienone is 3. The number of nitrogens with zero attached hydrogens (tertiary/aromatic N) is 1. The van der Waals surface area contributed by atoms with Crippen molar-refractivity contribution in [1.29, 1.82) is 0 Å². The Bertz CT molecular complexity index is 1180. The van der Waals surface area contributed by atoms with Gasteiger partial charge in [-0.3, -0.25) is 9.78 Å². The van der Waals surface area contributed by atoms with Gasteiger partial charge in [0.05, 0.1) is 11.7 Å². The number of aromatic nitrogens is 1. The minimum absolute atomic E-state index is 0.0212. The summed E-state index contributed by atoms with van der Waals surface area (Å²) in [7, 11) is 1.83. The number of aliphatic hydroxyl groups is 1. The molecule has 0 spiro atoms. The van der Waals surface area contributed by atoms with E-state index in [1.165, 1.54) is 16.5 Å². The van der Waals surface area contributed by atoms with Crippen molar-refractivity contribution in [3.63, 3.8) is 0 Å². The van der Waals surface area contributed by atoms with Crippen LogP contribution in [0.1, 0.15) is 50.5 Å². The van der Waals surface area contributed by atoms with E-state index in [0.717, 1.165) is 36.0 Å². The first-order chi connectivity index (χ1) is 16.0. The zero-order chi connectivity index (χ0) is 22.7. The predicted molar refractivity (Wildman–Crippen MR) is 126 cm³/mol. The van der Waals surface area contributed by atoms with Crippen LogP contribution in [0.3, 0.4) is 0 Å². The second-order valence-corrected chi connectivity index (χ2v) is 10.5. The zero-order valence-electron chi connectivity index (χ0n) is 19.3. The summed E-state index contributed by atoms with van der Waals surface area (Å²) < 4.78 is 12.8. The number of benzene rings is 1. The van der Waals surface area contributed by atoms with Gasteiger partial charge in [-0.1, -0.05) is 25.1 Å². The van der Waals surface area contributed by atoms with Gasteiger partial charge >= 0.3 is 0 Å². The van der Waals surface area contributed by atoms with Crippen molar-refractivity contribution in [2.24, 2.45) is 17.3 Å². The Hall–Kier alpha value is -2.50. The van der Waals surface area contributed by atoms with Crippen LogP contribution >= 0.6 is 0 Å². The van der Waals surface area contributed by atoms with E-state index in [1.54, 1.807) is 0 Å². The van der Waals surface area contributed by atoms with Crippen molar-refractivity contribution >= 4 is 16.6 Å². The molecule has 0 radical (unpaired) electrons. The van der Waals surface area contributed by atoms with Gasteiger partial charge in [0.1, 0.15) is 11.9 Å². The van der Waals surface area contributed by atoms with Gasteiger partial charge in [0, 0.05) is 56.2 Å². The molecule has 5 heteroatoms. The van der Waals surface area contributed by atoms with Crippen LogP contribution in [-0.2, 0) is 14.3 Å². The van der Waals surface area contributed by atoms with E-state index in [-0.39, 0.29) is 41.8 Å². The van der Waals surface area contributed by atoms with Gasteiger partial charge in [-0.15, -0.1) is 0 Å². The molecule has 1 aromatic carbocycles. The Labute approximate surface area is 194 Å². The lowest BCUT2D eigenvalue weighted by Crippen LogP contribution is -2.44. The van der Waals surface area contributed by atoms with Gasteiger partial charge in [0.25, 0.3) is 0 Å². The van der Waals surface area contributed by atoms with Crippen molar-refractivity contribution in [2.75, 3.05) is 13.7 Å². The van der Waals surface area contributed by atoms with E-state index in [1.807, 2.05) is 19.5 Å². The average molecular weight is 446 g/mol. The van der Waals surface area contributed by atoms with Crippen LogP contribution in [0.15, 0.2) is 59.6 Å². The number of aliphatic hydroxyl groups excluding tert-OH is 1. The van der Waals surface area contributed by atoms with Crippen LogP contribution in [0, 0.1) is 17.3 Å². The van der Waals surface area contributed by atoms with Crippen LogP contribution in [0.4, 0.5) is 0 Å². The number of carbonyl (C=O) groups excluding carboxylic acids is 1. The molecule has 2 aromatic rings. The normalized spacial score (nSPS) is 35.5. The molecule has 1 aliphatic heterocycles. The van der Waals surface area contributed by atoms with Gasteiger partial charge in [-0.05, 0) is 59.3 Å². The Morgan fingerprint density at radius 3 is 2.97 bits per heavy atom. The molecular weight excluding hydrogens is 414 g/mol. The highest BCUT2D eigenvalue weighted by molar-refractivity contribution is 6.00. The average Bonchev–Trinajstić information content (AvgIpc) is 3.15. The SMILES string of the molecule is CO[C@@H]1C[C@H]2[C@@H]3OC4=C(C=C3CC[C@]2(C)[C@H]1c1cccc2cnccc12)C(=O)CC(CO)C4. The van der Waals surface area contributed by atoms with Crippen LogP contribution in [-0.4, -0.2) is 41.8 Å². The van der Waals surface area contributed by atoms with Crippen molar-refractivity contribution in [2.45, 2.75) is 57.2 Å². The third-order valence-electron chi connectivity index (χ3n) is 8.86. The molecule has 33 heavy (non-hydrogen) atoms. The summed E-state index contributed by atoms with van der Waals surface area (Å²) in [5, 5.41) is 12.1. The molecule has 172 valence electrons. The highest BCUT2D eigenvalue weighted by Gasteiger charge is 2.59. The summed E-state index contributed by atoms with van der Waals surface area (Å²) in [6.45, 7) is 2.44. The molecule has 1 N–H and O–H groups in total. The Morgan fingerprint density at radius 1 is 1.27 bits per heavy atom. The monoisotopic (exact) mass is 445 g/mol. The number of ketones is 1. The van der Waals surface area contributed by atoms with E-state index >= 15 is 0 Å². The number of Topliss-reactive ketones (excluding diaryl/α,β-unsaturated/α-hetero) is 1. The number of fused-ring (bicyclic) bond motifs is 4. The quantitative estimate of drug-likeness (QED) is 0.741. The molecule has 0 bridgehead atoms.